The van der Waals surface area contributed by atoms with Gasteiger partial charge in [-0.1, -0.05) is 140 Å². The number of fused-ring (bicyclic) bond motifs is 9. The quantitative estimate of drug-likeness (QED) is 0.172. The summed E-state index contributed by atoms with van der Waals surface area (Å²) in [5.74, 6) is 0.829. The third kappa shape index (κ3) is 4.70. The van der Waals surface area contributed by atoms with Crippen molar-refractivity contribution in [3.05, 3.63) is 228 Å². The summed E-state index contributed by atoms with van der Waals surface area (Å²) < 4.78 is 12.3. The van der Waals surface area contributed by atoms with Gasteiger partial charge in [-0.3, -0.25) is 0 Å². The molecule has 3 heteroatoms. The van der Waals surface area contributed by atoms with Crippen LogP contribution >= 0.6 is 0 Å². The number of rotatable bonds is 5. The maximum atomic E-state index is 7.42. The third-order valence-electron chi connectivity index (χ3n) is 12.3. The van der Waals surface area contributed by atoms with Crippen molar-refractivity contribution in [3.8, 4) is 39.4 Å². The predicted molar refractivity (Wildman–Crippen MR) is 237 cm³/mol. The first-order valence-corrected chi connectivity index (χ1v) is 20.1. The predicted octanol–water partition coefficient (Wildman–Crippen LogP) is 13.3. The molecule has 1 aliphatic heterocycles. The van der Waals surface area contributed by atoms with Crippen molar-refractivity contribution in [2.75, 3.05) is 0 Å². The molecule has 1 aliphatic carbocycles. The van der Waals surface area contributed by atoms with Gasteiger partial charge in [0.1, 0.15) is 5.75 Å². The highest BCUT2D eigenvalue weighted by molar-refractivity contribution is 6.10. The number of nitrogens with zero attached hydrogens (tertiary/aromatic N) is 2. The number of para-hydroxylation sites is 2. The number of ether oxygens (including phenoxy) is 1. The summed E-state index contributed by atoms with van der Waals surface area (Å²) in [6, 6.07) is 72.1. The van der Waals surface area contributed by atoms with Gasteiger partial charge in [0.15, 0.2) is 5.60 Å². The van der Waals surface area contributed by atoms with Crippen LogP contribution in [0.1, 0.15) is 34.4 Å². The first kappa shape index (κ1) is 32.7. The Morgan fingerprint density at radius 3 is 1.97 bits per heavy atom. The lowest BCUT2D eigenvalue weighted by molar-refractivity contribution is 0.152. The SMILES string of the molecule is c1ccc2c(c#1)-c1c(cccc1-n1c3c(c4cc(-c5ccc6c(c5)c5ccccc5n6-c5ccccc5)ccc41)C=CCC3)OC2(c1ccccc1)c1ccccc1. The van der Waals surface area contributed by atoms with Crippen LogP contribution in [0.2, 0.25) is 0 Å². The summed E-state index contributed by atoms with van der Waals surface area (Å²) in [4.78, 5) is 0. The van der Waals surface area contributed by atoms with E-state index >= 15 is 0 Å². The normalized spacial score (nSPS) is 13.8. The van der Waals surface area contributed by atoms with Crippen molar-refractivity contribution < 1.29 is 4.74 Å². The van der Waals surface area contributed by atoms with E-state index < -0.39 is 5.60 Å². The van der Waals surface area contributed by atoms with E-state index in [4.69, 9.17) is 4.74 Å². The molecule has 272 valence electrons. The van der Waals surface area contributed by atoms with Gasteiger partial charge in [0.2, 0.25) is 0 Å². The number of allylic oxidation sites excluding steroid dienone is 1. The molecule has 10 aromatic rings. The molecule has 3 heterocycles. The lowest BCUT2D eigenvalue weighted by Gasteiger charge is -2.41. The van der Waals surface area contributed by atoms with E-state index in [0.717, 1.165) is 52.1 Å². The van der Waals surface area contributed by atoms with Gasteiger partial charge in [0, 0.05) is 55.4 Å². The summed E-state index contributed by atoms with van der Waals surface area (Å²) in [6.45, 7) is 0. The molecule has 0 spiro atoms. The molecule has 0 unspecified atom stereocenters. The molecule has 0 fully saturated rings. The van der Waals surface area contributed by atoms with Gasteiger partial charge in [-0.15, -0.1) is 0 Å². The first-order valence-electron chi connectivity index (χ1n) is 20.1. The van der Waals surface area contributed by atoms with Crippen molar-refractivity contribution in [1.82, 2.24) is 9.13 Å². The van der Waals surface area contributed by atoms with Crippen molar-refractivity contribution in [2.24, 2.45) is 0 Å². The topological polar surface area (TPSA) is 19.1 Å². The lowest BCUT2D eigenvalue weighted by atomic mass is 9.75. The molecular formula is C55H36N2O. The number of hydrogen-bond acceptors (Lipinski definition) is 1. The van der Waals surface area contributed by atoms with Crippen LogP contribution in [0.15, 0.2) is 188 Å². The van der Waals surface area contributed by atoms with Gasteiger partial charge in [0.25, 0.3) is 0 Å². The zero-order valence-corrected chi connectivity index (χ0v) is 31.7. The Bertz CT molecular complexity index is 3200. The third-order valence-corrected chi connectivity index (χ3v) is 12.3. The highest BCUT2D eigenvalue weighted by atomic mass is 16.5. The van der Waals surface area contributed by atoms with E-state index in [2.05, 4.69) is 209 Å². The van der Waals surface area contributed by atoms with E-state index in [-0.39, 0.29) is 0 Å². The monoisotopic (exact) mass is 740 g/mol. The second kappa shape index (κ2) is 12.7. The summed E-state index contributed by atoms with van der Waals surface area (Å²) in [7, 11) is 0. The fraction of sp³-hybridized carbons (Fsp3) is 0.0545. The maximum absolute atomic E-state index is 7.42. The highest BCUT2D eigenvalue weighted by Gasteiger charge is 2.45. The van der Waals surface area contributed by atoms with Gasteiger partial charge >= 0.3 is 0 Å². The minimum Gasteiger partial charge on any atom is -0.472 e. The summed E-state index contributed by atoms with van der Waals surface area (Å²) in [5.41, 5.74) is 15.2. The second-order valence-electron chi connectivity index (χ2n) is 15.3. The smallest absolute Gasteiger partial charge is 0.185 e. The molecule has 0 atom stereocenters. The van der Waals surface area contributed by atoms with Crippen LogP contribution in [0.4, 0.5) is 0 Å². The molecule has 0 radical (unpaired) electrons. The molecular weight excluding hydrogens is 705 g/mol. The number of benzene rings is 7. The van der Waals surface area contributed by atoms with Gasteiger partial charge in [-0.25, -0.2) is 0 Å². The van der Waals surface area contributed by atoms with Crippen LogP contribution in [0.3, 0.4) is 0 Å². The van der Waals surface area contributed by atoms with E-state index in [1.807, 2.05) is 6.07 Å². The highest BCUT2D eigenvalue weighted by Crippen LogP contribution is 2.53. The minimum absolute atomic E-state index is 0.829. The standard InChI is InChI=1S/C55H36N2O/c1-4-17-39(18-5-1)55(40-19-6-2-7-20-40)47-26-13-10-25-44(47)54-52(29-16-30-53(54)58-55)57-49-28-15-12-24-43(49)46-36-38(32-34-51(46)57)37-31-33-50-45(35-37)42-23-11-14-27-48(42)56(50)41-21-8-3-9-22-41/h1-9,11-14,16-24,26-27,29-36H,15,28H2. The summed E-state index contributed by atoms with van der Waals surface area (Å²) >= 11 is 0. The molecule has 8 aromatic carbocycles. The molecule has 0 bridgehead atoms. The van der Waals surface area contributed by atoms with Crippen molar-refractivity contribution in [1.29, 1.82) is 0 Å². The Hall–Kier alpha value is -7.54. The fourth-order valence-corrected chi connectivity index (χ4v) is 9.77. The van der Waals surface area contributed by atoms with Crippen LogP contribution < -0.4 is 4.74 Å². The molecule has 0 amide bonds. The number of hydrogen-bond donors (Lipinski definition) is 0. The molecule has 2 aliphatic rings. The Morgan fingerprint density at radius 2 is 1.21 bits per heavy atom. The van der Waals surface area contributed by atoms with Crippen molar-refractivity contribution in [3.63, 3.8) is 0 Å². The molecule has 58 heavy (non-hydrogen) atoms. The van der Waals surface area contributed by atoms with E-state index in [0.29, 0.717) is 0 Å². The van der Waals surface area contributed by atoms with Crippen molar-refractivity contribution >= 4 is 38.8 Å². The van der Waals surface area contributed by atoms with E-state index in [1.165, 1.54) is 60.8 Å². The zero-order valence-electron chi connectivity index (χ0n) is 31.7. The fourth-order valence-electron chi connectivity index (χ4n) is 9.77. The molecule has 0 saturated carbocycles. The van der Waals surface area contributed by atoms with E-state index in [1.54, 1.807) is 0 Å². The van der Waals surface area contributed by atoms with Gasteiger partial charge in [-0.2, -0.15) is 0 Å². The Kier molecular flexibility index (Phi) is 7.18. The van der Waals surface area contributed by atoms with Crippen LogP contribution in [0, 0.1) is 12.1 Å². The van der Waals surface area contributed by atoms with Crippen LogP contribution in [0.25, 0.3) is 72.4 Å². The molecule has 0 saturated heterocycles. The Balaban J connectivity index is 1.05. The second-order valence-corrected chi connectivity index (χ2v) is 15.3. The Labute approximate surface area is 337 Å². The summed E-state index contributed by atoms with van der Waals surface area (Å²) in [6.07, 6.45) is 6.58. The molecule has 3 nitrogen and oxygen atoms in total. The van der Waals surface area contributed by atoms with Crippen LogP contribution in [0.5, 0.6) is 5.75 Å². The zero-order chi connectivity index (χ0) is 38.2. The lowest BCUT2D eigenvalue weighted by Crippen LogP contribution is -2.38. The molecule has 0 N–H and O–H groups in total. The average Bonchev–Trinajstić information content (AvgIpc) is 3.81. The number of aromatic nitrogens is 2. The Morgan fingerprint density at radius 1 is 0.552 bits per heavy atom. The maximum Gasteiger partial charge on any atom is 0.185 e. The average molecular weight is 741 g/mol. The van der Waals surface area contributed by atoms with Crippen LogP contribution in [-0.4, -0.2) is 9.13 Å². The molecule has 12 rings (SSSR count). The van der Waals surface area contributed by atoms with Crippen molar-refractivity contribution in [2.45, 2.75) is 18.4 Å². The molecule has 2 aromatic heterocycles. The largest absolute Gasteiger partial charge is 0.472 e. The van der Waals surface area contributed by atoms with Gasteiger partial charge in [0.05, 0.1) is 27.8 Å². The van der Waals surface area contributed by atoms with Gasteiger partial charge in [-0.05, 0) is 90.7 Å². The van der Waals surface area contributed by atoms with Crippen LogP contribution in [-0.2, 0) is 12.0 Å². The van der Waals surface area contributed by atoms with E-state index in [9.17, 15) is 0 Å². The first-order chi connectivity index (χ1) is 28.8. The minimum atomic E-state index is -0.862. The summed E-state index contributed by atoms with van der Waals surface area (Å²) in [5, 5.41) is 3.75. The van der Waals surface area contributed by atoms with Gasteiger partial charge < -0.3 is 13.9 Å².